The zero-order chi connectivity index (χ0) is 20.5. The minimum absolute atomic E-state index is 0.00486. The number of imidazole rings is 1. The van der Waals surface area contributed by atoms with Gasteiger partial charge < -0.3 is 20.1 Å². The van der Waals surface area contributed by atoms with Gasteiger partial charge in [0.15, 0.2) is 0 Å². The van der Waals surface area contributed by atoms with Gasteiger partial charge in [-0.1, -0.05) is 12.1 Å². The van der Waals surface area contributed by atoms with Crippen molar-refractivity contribution < 1.29 is 32.5 Å². The molecule has 0 saturated carbocycles. The SMILES string of the molecule is NC(=O)c1ccc2ncn(Cc3ccc(BO)cc3OC(=O)C(F)(F)F)c2c1. The third-order valence-electron chi connectivity index (χ3n) is 3.99. The topological polar surface area (TPSA) is 107 Å². The van der Waals surface area contributed by atoms with Crippen molar-refractivity contribution in [1.29, 1.82) is 0 Å². The van der Waals surface area contributed by atoms with Crippen molar-refractivity contribution in [3.63, 3.8) is 0 Å². The molecule has 0 bridgehead atoms. The molecular formula is C17H13BF3N3O4. The molecule has 7 nitrogen and oxygen atoms in total. The normalized spacial score (nSPS) is 11.4. The van der Waals surface area contributed by atoms with E-state index in [0.717, 1.165) is 6.07 Å². The Balaban J connectivity index is 2.00. The molecule has 0 aliphatic carbocycles. The number of fused-ring (bicyclic) bond motifs is 1. The summed E-state index contributed by atoms with van der Waals surface area (Å²) in [4.78, 5) is 26.8. The molecule has 1 aromatic heterocycles. The number of primary amides is 1. The number of carbonyl (C=O) groups is 2. The summed E-state index contributed by atoms with van der Waals surface area (Å²) in [5, 5.41) is 9.21. The van der Waals surface area contributed by atoms with Crippen LogP contribution in [0.25, 0.3) is 11.0 Å². The van der Waals surface area contributed by atoms with E-state index >= 15 is 0 Å². The van der Waals surface area contributed by atoms with Crippen molar-refractivity contribution in [3.8, 4) is 5.75 Å². The van der Waals surface area contributed by atoms with Crippen molar-refractivity contribution in [2.24, 2.45) is 5.73 Å². The number of alkyl halides is 3. The van der Waals surface area contributed by atoms with Crippen LogP contribution in [0.3, 0.4) is 0 Å². The monoisotopic (exact) mass is 391 g/mol. The first-order valence-electron chi connectivity index (χ1n) is 7.95. The van der Waals surface area contributed by atoms with E-state index in [0.29, 0.717) is 11.0 Å². The Bertz CT molecular complexity index is 1070. The second-order valence-electron chi connectivity index (χ2n) is 5.93. The maximum atomic E-state index is 12.6. The van der Waals surface area contributed by atoms with Gasteiger partial charge in [-0.25, -0.2) is 9.78 Å². The minimum Gasteiger partial charge on any atom is -0.449 e. The molecule has 0 radical (unpaired) electrons. The van der Waals surface area contributed by atoms with E-state index in [9.17, 15) is 27.8 Å². The third-order valence-corrected chi connectivity index (χ3v) is 3.99. The van der Waals surface area contributed by atoms with Crippen LogP contribution in [0.2, 0.25) is 0 Å². The minimum atomic E-state index is -5.16. The van der Waals surface area contributed by atoms with E-state index in [4.69, 9.17) is 5.73 Å². The molecule has 3 aromatic rings. The molecule has 0 aliphatic heterocycles. The number of aromatic nitrogens is 2. The summed E-state index contributed by atoms with van der Waals surface area (Å²) < 4.78 is 43.8. The number of benzene rings is 2. The fourth-order valence-electron chi connectivity index (χ4n) is 2.60. The standard InChI is InChI=1S/C17H13BF3N3O4/c19-17(20,21)16(26)28-14-6-11(18-27)3-1-10(14)7-24-8-23-12-4-2-9(15(22)25)5-13(12)24/h1-6,8,18,27H,7H2,(H2,22,25). The van der Waals surface area contributed by atoms with Crippen LogP contribution in [0, 0.1) is 0 Å². The lowest BCUT2D eigenvalue weighted by Gasteiger charge is -2.13. The van der Waals surface area contributed by atoms with E-state index in [-0.39, 0.29) is 28.9 Å². The Morgan fingerprint density at radius 3 is 2.61 bits per heavy atom. The molecule has 2 aromatic carbocycles. The highest BCUT2D eigenvalue weighted by atomic mass is 19.4. The molecule has 144 valence electrons. The summed E-state index contributed by atoms with van der Waals surface area (Å²) in [6.45, 7) is 0.00486. The van der Waals surface area contributed by atoms with Gasteiger partial charge in [0.25, 0.3) is 0 Å². The largest absolute Gasteiger partial charge is 0.491 e. The first-order valence-corrected chi connectivity index (χ1v) is 7.95. The van der Waals surface area contributed by atoms with Gasteiger partial charge in [0, 0.05) is 11.1 Å². The van der Waals surface area contributed by atoms with Gasteiger partial charge in [-0.05, 0) is 29.7 Å². The summed E-state index contributed by atoms with van der Waals surface area (Å²) in [5.41, 5.74) is 7.11. The van der Waals surface area contributed by atoms with Gasteiger partial charge in [0.1, 0.15) is 5.75 Å². The number of hydrogen-bond acceptors (Lipinski definition) is 5. The molecule has 1 heterocycles. The number of amides is 1. The first kappa shape index (κ1) is 19.4. The van der Waals surface area contributed by atoms with Crippen molar-refractivity contribution in [2.75, 3.05) is 0 Å². The lowest BCUT2D eigenvalue weighted by Crippen LogP contribution is -2.29. The molecule has 11 heteroatoms. The van der Waals surface area contributed by atoms with E-state index in [1.54, 1.807) is 10.6 Å². The average molecular weight is 391 g/mol. The van der Waals surface area contributed by atoms with E-state index in [1.165, 1.54) is 30.6 Å². The Labute approximate surface area is 156 Å². The summed E-state index contributed by atoms with van der Waals surface area (Å²) in [6, 6.07) is 8.70. The van der Waals surface area contributed by atoms with E-state index < -0.39 is 25.5 Å². The fraction of sp³-hybridized carbons (Fsp3) is 0.118. The van der Waals surface area contributed by atoms with Gasteiger partial charge >= 0.3 is 19.6 Å². The molecular weight excluding hydrogens is 378 g/mol. The molecule has 0 saturated heterocycles. The number of esters is 1. The van der Waals surface area contributed by atoms with Gasteiger partial charge in [0.05, 0.1) is 23.9 Å². The van der Waals surface area contributed by atoms with Crippen molar-refractivity contribution in [3.05, 3.63) is 53.9 Å². The molecule has 0 unspecified atom stereocenters. The molecule has 3 rings (SSSR count). The van der Waals surface area contributed by atoms with Crippen LogP contribution in [0.4, 0.5) is 13.2 Å². The second kappa shape index (κ2) is 7.35. The zero-order valence-corrected chi connectivity index (χ0v) is 14.2. The number of rotatable bonds is 5. The molecule has 3 N–H and O–H groups in total. The van der Waals surface area contributed by atoms with Crippen LogP contribution < -0.4 is 15.9 Å². The van der Waals surface area contributed by atoms with Crippen LogP contribution in [0.1, 0.15) is 15.9 Å². The van der Waals surface area contributed by atoms with E-state index in [2.05, 4.69) is 9.72 Å². The van der Waals surface area contributed by atoms with Crippen LogP contribution in [-0.4, -0.2) is 40.1 Å². The fourth-order valence-corrected chi connectivity index (χ4v) is 2.60. The maximum Gasteiger partial charge on any atom is 0.491 e. The number of halogens is 3. The molecule has 28 heavy (non-hydrogen) atoms. The van der Waals surface area contributed by atoms with Crippen molar-refractivity contribution >= 4 is 35.9 Å². The van der Waals surface area contributed by atoms with Crippen LogP contribution in [-0.2, 0) is 11.3 Å². The highest BCUT2D eigenvalue weighted by Crippen LogP contribution is 2.25. The molecule has 0 fully saturated rings. The summed E-state index contributed by atoms with van der Waals surface area (Å²) in [6.07, 6.45) is -3.73. The Morgan fingerprint density at radius 1 is 1.21 bits per heavy atom. The predicted octanol–water partition coefficient (Wildman–Crippen LogP) is 0.620. The van der Waals surface area contributed by atoms with Gasteiger partial charge in [-0.15, -0.1) is 0 Å². The zero-order valence-electron chi connectivity index (χ0n) is 14.2. The number of hydrogen-bond donors (Lipinski definition) is 2. The smallest absolute Gasteiger partial charge is 0.449 e. The first-order chi connectivity index (χ1) is 13.2. The number of carbonyl (C=O) groups excluding carboxylic acids is 2. The van der Waals surface area contributed by atoms with Crippen LogP contribution in [0.15, 0.2) is 42.7 Å². The lowest BCUT2D eigenvalue weighted by molar-refractivity contribution is -0.189. The van der Waals surface area contributed by atoms with Crippen molar-refractivity contribution in [1.82, 2.24) is 9.55 Å². The maximum absolute atomic E-state index is 12.6. The van der Waals surface area contributed by atoms with Crippen molar-refractivity contribution in [2.45, 2.75) is 12.7 Å². The molecule has 1 amide bonds. The highest BCUT2D eigenvalue weighted by Gasteiger charge is 2.41. The highest BCUT2D eigenvalue weighted by molar-refractivity contribution is 6.45. The number of nitrogens with zero attached hydrogens (tertiary/aromatic N) is 2. The lowest BCUT2D eigenvalue weighted by atomic mass is 9.88. The van der Waals surface area contributed by atoms with Gasteiger partial charge in [0.2, 0.25) is 5.91 Å². The number of nitrogens with two attached hydrogens (primary N) is 1. The van der Waals surface area contributed by atoms with Gasteiger partial charge in [-0.2, -0.15) is 13.2 Å². The number of ether oxygens (including phenoxy) is 1. The molecule has 0 aliphatic rings. The summed E-state index contributed by atoms with van der Waals surface area (Å²) in [7, 11) is -0.438. The Morgan fingerprint density at radius 2 is 1.96 bits per heavy atom. The van der Waals surface area contributed by atoms with E-state index in [1.807, 2.05) is 0 Å². The van der Waals surface area contributed by atoms with Gasteiger partial charge in [-0.3, -0.25) is 4.79 Å². The average Bonchev–Trinajstić information content (AvgIpc) is 3.04. The molecule has 0 spiro atoms. The van der Waals surface area contributed by atoms with Crippen LogP contribution in [0.5, 0.6) is 5.75 Å². The quantitative estimate of drug-likeness (QED) is 0.377. The predicted molar refractivity (Wildman–Crippen MR) is 94.5 cm³/mol. The summed E-state index contributed by atoms with van der Waals surface area (Å²) in [5.74, 6) is -3.33. The Kier molecular flexibility index (Phi) is 5.10. The second-order valence-corrected chi connectivity index (χ2v) is 5.93. The van der Waals surface area contributed by atoms with Crippen LogP contribution >= 0.6 is 0 Å². The summed E-state index contributed by atoms with van der Waals surface area (Å²) >= 11 is 0. The Hall–Kier alpha value is -3.34. The molecule has 0 atom stereocenters. The third kappa shape index (κ3) is 3.99.